The Kier molecular flexibility index (Phi) is 3.87. The quantitative estimate of drug-likeness (QED) is 0.675. The number of hydrogen-bond acceptors (Lipinski definition) is 3. The molecule has 24 heavy (non-hydrogen) atoms. The molecule has 2 aromatic carbocycles. The van der Waals surface area contributed by atoms with Crippen molar-refractivity contribution in [3.8, 4) is 0 Å². The lowest BCUT2D eigenvalue weighted by Crippen LogP contribution is -2.27. The van der Waals surface area contributed by atoms with Crippen molar-refractivity contribution in [2.45, 2.75) is 25.8 Å². The summed E-state index contributed by atoms with van der Waals surface area (Å²) < 4.78 is 0. The van der Waals surface area contributed by atoms with Crippen molar-refractivity contribution < 1.29 is 10.0 Å². The summed E-state index contributed by atoms with van der Waals surface area (Å²) in [4.78, 5) is 14.2. The number of nitrogens with zero attached hydrogens (tertiary/aromatic N) is 1. The lowest BCUT2D eigenvalue weighted by molar-refractivity contribution is 0.0706. The van der Waals surface area contributed by atoms with E-state index in [0.29, 0.717) is 11.0 Å². The van der Waals surface area contributed by atoms with Gasteiger partial charge in [0.05, 0.1) is 0 Å². The number of carbonyl (C=O) groups excluding carboxylic acids is 1. The van der Waals surface area contributed by atoms with Crippen molar-refractivity contribution in [2.24, 2.45) is 5.41 Å². The van der Waals surface area contributed by atoms with E-state index in [1.54, 1.807) is 11.5 Å². The first kappa shape index (κ1) is 15.4. The predicted octanol–water partition coefficient (Wildman–Crippen LogP) is 2.80. The largest absolute Gasteiger partial charge is 0.298 e. The fourth-order valence-electron chi connectivity index (χ4n) is 4.33. The molecule has 0 saturated carbocycles. The van der Waals surface area contributed by atoms with Crippen LogP contribution >= 0.6 is 0 Å². The standard InChI is InChI=1S/C20H22N2O2/c23-19(21-24)16-6-7-17-11-20(12-18(17)10-16)8-9-22(14-20)13-15-4-2-1-3-5-15/h1-7,10,24H,8-9,11-14H2,(H,21,23)/t20-/m1/s1. The van der Waals surface area contributed by atoms with Gasteiger partial charge >= 0.3 is 0 Å². The number of hydrogen-bond donors (Lipinski definition) is 2. The van der Waals surface area contributed by atoms with Gasteiger partial charge in [-0.05, 0) is 60.0 Å². The Bertz CT molecular complexity index is 759. The molecule has 0 radical (unpaired) electrons. The zero-order chi connectivity index (χ0) is 16.6. The fourth-order valence-corrected chi connectivity index (χ4v) is 4.33. The van der Waals surface area contributed by atoms with E-state index in [1.165, 1.54) is 23.1 Å². The maximum Gasteiger partial charge on any atom is 0.274 e. The molecule has 2 aromatic rings. The van der Waals surface area contributed by atoms with Gasteiger partial charge in [-0.25, -0.2) is 5.48 Å². The molecular formula is C20H22N2O2. The van der Waals surface area contributed by atoms with E-state index in [4.69, 9.17) is 5.21 Å². The average Bonchev–Trinajstić information content (AvgIpc) is 3.16. The minimum atomic E-state index is -0.434. The van der Waals surface area contributed by atoms with Crippen LogP contribution in [-0.4, -0.2) is 29.1 Å². The number of amides is 1. The lowest BCUT2D eigenvalue weighted by atomic mass is 9.84. The van der Waals surface area contributed by atoms with Crippen LogP contribution in [0.4, 0.5) is 0 Å². The van der Waals surface area contributed by atoms with Crippen LogP contribution in [-0.2, 0) is 19.4 Å². The molecule has 0 aromatic heterocycles. The number of nitrogens with one attached hydrogen (secondary N) is 1. The van der Waals surface area contributed by atoms with Gasteiger partial charge in [0.1, 0.15) is 0 Å². The van der Waals surface area contributed by atoms with Gasteiger partial charge in [0.2, 0.25) is 0 Å². The number of likely N-dealkylation sites (tertiary alicyclic amines) is 1. The monoisotopic (exact) mass is 322 g/mol. The summed E-state index contributed by atoms with van der Waals surface area (Å²) in [6.07, 6.45) is 3.32. The summed E-state index contributed by atoms with van der Waals surface area (Å²) >= 11 is 0. The highest BCUT2D eigenvalue weighted by Crippen LogP contribution is 2.44. The third kappa shape index (κ3) is 2.83. The van der Waals surface area contributed by atoms with Crippen LogP contribution in [0.2, 0.25) is 0 Å². The molecule has 4 nitrogen and oxygen atoms in total. The number of benzene rings is 2. The predicted molar refractivity (Wildman–Crippen MR) is 91.9 cm³/mol. The Labute approximate surface area is 142 Å². The van der Waals surface area contributed by atoms with Gasteiger partial charge in [0.25, 0.3) is 5.91 Å². The summed E-state index contributed by atoms with van der Waals surface area (Å²) in [5, 5.41) is 8.81. The molecule has 1 heterocycles. The van der Waals surface area contributed by atoms with Gasteiger partial charge in [-0.1, -0.05) is 36.4 Å². The van der Waals surface area contributed by atoms with Crippen LogP contribution in [0.3, 0.4) is 0 Å². The van der Waals surface area contributed by atoms with Crippen LogP contribution in [0.5, 0.6) is 0 Å². The van der Waals surface area contributed by atoms with E-state index in [9.17, 15) is 4.79 Å². The Morgan fingerprint density at radius 1 is 1.12 bits per heavy atom. The molecular weight excluding hydrogens is 300 g/mol. The third-order valence-electron chi connectivity index (χ3n) is 5.47. The number of hydroxylamine groups is 1. The Morgan fingerprint density at radius 3 is 2.71 bits per heavy atom. The van der Waals surface area contributed by atoms with Crippen molar-refractivity contribution in [3.05, 3.63) is 70.8 Å². The Balaban J connectivity index is 1.47. The molecule has 0 unspecified atom stereocenters. The molecule has 4 rings (SSSR count). The second-order valence-electron chi connectivity index (χ2n) is 7.22. The van der Waals surface area contributed by atoms with Gasteiger partial charge in [-0.15, -0.1) is 0 Å². The summed E-state index contributed by atoms with van der Waals surface area (Å²) in [7, 11) is 0. The molecule has 1 amide bonds. The zero-order valence-corrected chi connectivity index (χ0v) is 13.7. The maximum absolute atomic E-state index is 11.6. The normalized spacial score (nSPS) is 22.7. The van der Waals surface area contributed by atoms with Crippen LogP contribution in [0, 0.1) is 5.41 Å². The molecule has 1 fully saturated rings. The molecule has 4 heteroatoms. The van der Waals surface area contributed by atoms with Crippen LogP contribution < -0.4 is 5.48 Å². The topological polar surface area (TPSA) is 52.6 Å². The highest BCUT2D eigenvalue weighted by molar-refractivity contribution is 5.93. The smallest absolute Gasteiger partial charge is 0.274 e. The summed E-state index contributed by atoms with van der Waals surface area (Å²) in [5.41, 5.74) is 6.55. The van der Waals surface area contributed by atoms with Crippen LogP contribution in [0.25, 0.3) is 0 Å². The van der Waals surface area contributed by atoms with E-state index >= 15 is 0 Å². The van der Waals surface area contributed by atoms with Crippen molar-refractivity contribution >= 4 is 5.91 Å². The maximum atomic E-state index is 11.6. The summed E-state index contributed by atoms with van der Waals surface area (Å²) in [6.45, 7) is 3.25. The fraction of sp³-hybridized carbons (Fsp3) is 0.350. The Morgan fingerprint density at radius 2 is 1.92 bits per heavy atom. The van der Waals surface area contributed by atoms with E-state index in [-0.39, 0.29) is 0 Å². The van der Waals surface area contributed by atoms with Crippen molar-refractivity contribution in [1.82, 2.24) is 10.4 Å². The molecule has 1 aliphatic carbocycles. The minimum Gasteiger partial charge on any atom is -0.298 e. The van der Waals surface area contributed by atoms with E-state index in [2.05, 4.69) is 41.3 Å². The molecule has 1 aliphatic heterocycles. The Hall–Kier alpha value is -2.17. The molecule has 1 atom stereocenters. The second kappa shape index (κ2) is 6.04. The van der Waals surface area contributed by atoms with Crippen molar-refractivity contribution in [3.63, 3.8) is 0 Å². The second-order valence-corrected chi connectivity index (χ2v) is 7.22. The van der Waals surface area contributed by atoms with Crippen LogP contribution in [0.15, 0.2) is 48.5 Å². The first-order chi connectivity index (χ1) is 11.7. The molecule has 2 aliphatic rings. The summed E-state index contributed by atoms with van der Waals surface area (Å²) in [6, 6.07) is 16.4. The SMILES string of the molecule is O=C(NO)c1ccc2c(c1)C[C@@]1(CCN(Cc3ccccc3)C1)C2. The number of carbonyl (C=O) groups is 1. The van der Waals surface area contributed by atoms with Gasteiger partial charge in [-0.2, -0.15) is 0 Å². The number of fused-ring (bicyclic) bond motifs is 1. The average molecular weight is 322 g/mol. The van der Waals surface area contributed by atoms with Gasteiger partial charge in [0.15, 0.2) is 0 Å². The highest BCUT2D eigenvalue weighted by Gasteiger charge is 2.42. The first-order valence-corrected chi connectivity index (χ1v) is 8.50. The molecule has 1 spiro atoms. The van der Waals surface area contributed by atoms with E-state index in [1.807, 2.05) is 6.07 Å². The third-order valence-corrected chi connectivity index (χ3v) is 5.47. The highest BCUT2D eigenvalue weighted by atomic mass is 16.5. The molecule has 2 N–H and O–H groups in total. The number of rotatable bonds is 3. The van der Waals surface area contributed by atoms with E-state index in [0.717, 1.165) is 32.5 Å². The van der Waals surface area contributed by atoms with Crippen molar-refractivity contribution in [2.75, 3.05) is 13.1 Å². The minimum absolute atomic E-state index is 0.311. The van der Waals surface area contributed by atoms with Crippen LogP contribution in [0.1, 0.15) is 33.5 Å². The summed E-state index contributed by atoms with van der Waals surface area (Å²) in [5.74, 6) is -0.434. The lowest BCUT2D eigenvalue weighted by Gasteiger charge is -2.23. The molecule has 124 valence electrons. The first-order valence-electron chi connectivity index (χ1n) is 8.50. The van der Waals surface area contributed by atoms with Gasteiger partial charge in [-0.3, -0.25) is 14.9 Å². The van der Waals surface area contributed by atoms with Gasteiger partial charge < -0.3 is 0 Å². The molecule has 0 bridgehead atoms. The molecule has 1 saturated heterocycles. The van der Waals surface area contributed by atoms with Crippen molar-refractivity contribution in [1.29, 1.82) is 0 Å². The van der Waals surface area contributed by atoms with Gasteiger partial charge in [0, 0.05) is 18.7 Å². The zero-order valence-electron chi connectivity index (χ0n) is 13.7. The van der Waals surface area contributed by atoms with E-state index < -0.39 is 5.91 Å².